The first-order valence-electron chi connectivity index (χ1n) is 4.23. The van der Waals surface area contributed by atoms with Gasteiger partial charge < -0.3 is 9.84 Å². The Kier molecular flexibility index (Phi) is 2.32. The van der Waals surface area contributed by atoms with E-state index >= 15 is 0 Å². The first-order valence-corrected chi connectivity index (χ1v) is 4.61. The lowest BCUT2D eigenvalue weighted by atomic mass is 9.97. The molecule has 0 amide bonds. The molecular weight excluding hydrogens is 202 g/mol. The van der Waals surface area contributed by atoms with E-state index in [1.165, 1.54) is 0 Å². The third-order valence-corrected chi connectivity index (χ3v) is 2.62. The lowest BCUT2D eigenvalue weighted by molar-refractivity contribution is 0.127. The van der Waals surface area contributed by atoms with Crippen LogP contribution in [-0.2, 0) is 0 Å². The van der Waals surface area contributed by atoms with Crippen LogP contribution in [0.25, 0.3) is 0 Å². The maximum atomic E-state index is 9.01. The highest BCUT2D eigenvalue weighted by Gasteiger charge is 2.35. The fraction of sp³-hybridized carbons (Fsp3) is 0.300. The highest BCUT2D eigenvalue weighted by Crippen LogP contribution is 2.41. The van der Waals surface area contributed by atoms with Crippen molar-refractivity contribution in [2.24, 2.45) is 0 Å². The Labute approximate surface area is 86.5 Å². The van der Waals surface area contributed by atoms with Crippen molar-refractivity contribution in [1.29, 1.82) is 5.26 Å². The normalized spacial score (nSPS) is 23.8. The predicted molar refractivity (Wildman–Crippen MR) is 51.3 cm³/mol. The molecule has 2 unspecified atom stereocenters. The van der Waals surface area contributed by atoms with Crippen LogP contribution < -0.4 is 4.74 Å². The van der Waals surface area contributed by atoms with Crippen LogP contribution in [0.1, 0.15) is 11.5 Å². The summed E-state index contributed by atoms with van der Waals surface area (Å²) in [6.07, 6.45) is -0.491. The summed E-state index contributed by atoms with van der Waals surface area (Å²) in [5.74, 6) is 0.131. The first-order chi connectivity index (χ1) is 6.77. The van der Waals surface area contributed by atoms with Crippen LogP contribution in [0.4, 0.5) is 0 Å². The Hall–Kier alpha value is -1.24. The molecule has 1 N–H and O–H groups in total. The van der Waals surface area contributed by atoms with E-state index in [1.54, 1.807) is 18.2 Å². The molecule has 0 saturated carbocycles. The van der Waals surface area contributed by atoms with E-state index in [1.807, 2.05) is 0 Å². The average Bonchev–Trinajstić information content (AvgIpc) is 2.56. The molecular formula is C10H8ClNO2. The number of ether oxygens (including phenoxy) is 1. The number of fused-ring (bicyclic) bond motifs is 1. The molecule has 4 heteroatoms. The molecule has 2 atom stereocenters. The largest absolute Gasteiger partial charge is 0.486 e. The maximum Gasteiger partial charge on any atom is 0.142 e. The molecule has 1 aliphatic heterocycles. The van der Waals surface area contributed by atoms with Crippen LogP contribution >= 0.6 is 11.6 Å². The summed E-state index contributed by atoms with van der Waals surface area (Å²) >= 11 is 5.95. The fourth-order valence-corrected chi connectivity index (χ4v) is 1.91. The van der Waals surface area contributed by atoms with Crippen molar-refractivity contribution in [1.82, 2.24) is 0 Å². The zero-order valence-corrected chi connectivity index (χ0v) is 8.03. The van der Waals surface area contributed by atoms with Crippen molar-refractivity contribution >= 4 is 11.6 Å². The lowest BCUT2D eigenvalue weighted by Gasteiger charge is -2.08. The van der Waals surface area contributed by atoms with Gasteiger partial charge in [0.2, 0.25) is 0 Å². The lowest BCUT2D eigenvalue weighted by Crippen LogP contribution is -2.22. The van der Waals surface area contributed by atoms with Crippen molar-refractivity contribution in [3.8, 4) is 11.8 Å². The van der Waals surface area contributed by atoms with E-state index in [0.717, 1.165) is 0 Å². The Morgan fingerprint density at radius 1 is 1.57 bits per heavy atom. The number of halogens is 1. The van der Waals surface area contributed by atoms with E-state index in [9.17, 15) is 0 Å². The van der Waals surface area contributed by atoms with Crippen molar-refractivity contribution in [2.45, 2.75) is 12.0 Å². The maximum absolute atomic E-state index is 9.01. The molecule has 0 aliphatic carbocycles. The van der Waals surface area contributed by atoms with Gasteiger partial charge >= 0.3 is 0 Å². The molecule has 0 saturated heterocycles. The highest BCUT2D eigenvalue weighted by atomic mass is 35.5. The Bertz CT molecular complexity index is 400. The third kappa shape index (κ3) is 1.24. The van der Waals surface area contributed by atoms with Gasteiger partial charge in [0.05, 0.1) is 12.7 Å². The Morgan fingerprint density at radius 3 is 3.00 bits per heavy atom. The van der Waals surface area contributed by atoms with Gasteiger partial charge in [-0.3, -0.25) is 0 Å². The Morgan fingerprint density at radius 2 is 2.36 bits per heavy atom. The Balaban J connectivity index is 2.50. The molecule has 0 aromatic heterocycles. The predicted octanol–water partition coefficient (Wildman–Crippen LogP) is 1.70. The van der Waals surface area contributed by atoms with Crippen molar-refractivity contribution in [3.05, 3.63) is 28.8 Å². The summed E-state index contributed by atoms with van der Waals surface area (Å²) in [4.78, 5) is 0. The highest BCUT2D eigenvalue weighted by molar-refractivity contribution is 6.31. The zero-order valence-electron chi connectivity index (χ0n) is 7.27. The minimum atomic E-state index is -0.491. The van der Waals surface area contributed by atoms with Gasteiger partial charge in [0, 0.05) is 10.6 Å². The van der Waals surface area contributed by atoms with Gasteiger partial charge in [-0.25, -0.2) is 0 Å². The number of nitrogens with zero attached hydrogens (tertiary/aromatic N) is 1. The number of rotatable bonds is 1. The molecule has 0 spiro atoms. The van der Waals surface area contributed by atoms with E-state index in [2.05, 4.69) is 6.07 Å². The first kappa shape index (κ1) is 9.32. The molecule has 14 heavy (non-hydrogen) atoms. The van der Waals surface area contributed by atoms with Gasteiger partial charge in [-0.1, -0.05) is 17.7 Å². The second-order valence-corrected chi connectivity index (χ2v) is 3.50. The van der Waals surface area contributed by atoms with Gasteiger partial charge in [0.25, 0.3) is 0 Å². The SMILES string of the molecule is N#CC1c2c(Cl)cccc2OC1CO. The summed E-state index contributed by atoms with van der Waals surface area (Å²) in [5.41, 5.74) is 0.690. The minimum absolute atomic E-state index is 0.177. The molecule has 0 fully saturated rings. The molecule has 3 nitrogen and oxygen atoms in total. The number of aliphatic hydroxyl groups excluding tert-OH is 1. The summed E-state index contributed by atoms with van der Waals surface area (Å²) < 4.78 is 5.38. The van der Waals surface area contributed by atoms with Gasteiger partial charge in [0.1, 0.15) is 17.8 Å². The zero-order chi connectivity index (χ0) is 10.1. The summed E-state index contributed by atoms with van der Waals surface area (Å²) in [7, 11) is 0. The minimum Gasteiger partial charge on any atom is -0.486 e. The van der Waals surface area contributed by atoms with Gasteiger partial charge in [-0.15, -0.1) is 0 Å². The number of hydrogen-bond acceptors (Lipinski definition) is 3. The number of nitriles is 1. The number of aliphatic hydroxyl groups is 1. The topological polar surface area (TPSA) is 53.2 Å². The van der Waals surface area contributed by atoms with Gasteiger partial charge in [-0.2, -0.15) is 5.26 Å². The summed E-state index contributed by atoms with van der Waals surface area (Å²) in [5, 5.41) is 18.5. The fourth-order valence-electron chi connectivity index (χ4n) is 1.63. The molecule has 1 aromatic rings. The van der Waals surface area contributed by atoms with Crippen LogP contribution in [0.15, 0.2) is 18.2 Å². The second-order valence-electron chi connectivity index (χ2n) is 3.10. The molecule has 1 heterocycles. The molecule has 72 valence electrons. The standard InChI is InChI=1S/C10H8ClNO2/c11-7-2-1-3-8-10(7)6(4-12)9(5-13)14-8/h1-3,6,9,13H,5H2. The van der Waals surface area contributed by atoms with E-state index < -0.39 is 12.0 Å². The van der Waals surface area contributed by atoms with Gasteiger partial charge in [-0.05, 0) is 12.1 Å². The smallest absolute Gasteiger partial charge is 0.142 e. The van der Waals surface area contributed by atoms with Crippen molar-refractivity contribution < 1.29 is 9.84 Å². The quantitative estimate of drug-likeness (QED) is 0.766. The van der Waals surface area contributed by atoms with Crippen molar-refractivity contribution in [2.75, 3.05) is 6.61 Å². The van der Waals surface area contributed by atoms with E-state index in [0.29, 0.717) is 16.3 Å². The van der Waals surface area contributed by atoms with Crippen LogP contribution in [-0.4, -0.2) is 17.8 Å². The molecule has 2 rings (SSSR count). The summed E-state index contributed by atoms with van der Waals surface area (Å²) in [6.45, 7) is -0.177. The van der Waals surface area contributed by atoms with E-state index in [-0.39, 0.29) is 6.61 Å². The van der Waals surface area contributed by atoms with Crippen LogP contribution in [0.5, 0.6) is 5.75 Å². The van der Waals surface area contributed by atoms with Crippen LogP contribution in [0.3, 0.4) is 0 Å². The molecule has 1 aromatic carbocycles. The molecule has 0 bridgehead atoms. The summed E-state index contributed by atoms with van der Waals surface area (Å²) in [6, 6.07) is 7.32. The van der Waals surface area contributed by atoms with Crippen LogP contribution in [0, 0.1) is 11.3 Å². The van der Waals surface area contributed by atoms with E-state index in [4.69, 9.17) is 26.7 Å². The molecule has 1 aliphatic rings. The number of benzene rings is 1. The van der Waals surface area contributed by atoms with Crippen molar-refractivity contribution in [3.63, 3.8) is 0 Å². The molecule has 0 radical (unpaired) electrons. The van der Waals surface area contributed by atoms with Gasteiger partial charge in [0.15, 0.2) is 0 Å². The second kappa shape index (κ2) is 3.49. The third-order valence-electron chi connectivity index (χ3n) is 2.29. The van der Waals surface area contributed by atoms with Crippen LogP contribution in [0.2, 0.25) is 5.02 Å². The number of hydrogen-bond donors (Lipinski definition) is 1. The average molecular weight is 210 g/mol. The monoisotopic (exact) mass is 209 g/mol.